The third-order valence-electron chi connectivity index (χ3n) is 6.29. The van der Waals surface area contributed by atoms with E-state index in [1.54, 1.807) is 10.9 Å². The van der Waals surface area contributed by atoms with Crippen LogP contribution < -0.4 is 5.32 Å². The van der Waals surface area contributed by atoms with E-state index in [4.69, 9.17) is 0 Å². The first-order chi connectivity index (χ1) is 13.6. The molecule has 0 bridgehead atoms. The van der Waals surface area contributed by atoms with Crippen LogP contribution in [0, 0.1) is 10.8 Å². The molecule has 1 saturated carbocycles. The Morgan fingerprint density at radius 1 is 1.38 bits per heavy atom. The van der Waals surface area contributed by atoms with Crippen molar-refractivity contribution in [1.82, 2.24) is 25.2 Å². The number of β-amino-alcohol motifs (C(OH)–C–C–N with tert-alkyl or cyclic N) is 1. The second-order valence-corrected chi connectivity index (χ2v) is 9.66. The fraction of sp³-hybridized carbons (Fsp3) is 0.800. The SMILES string of the molecule is CNC(=O)[C@H]1CC(O)CN1C(=O)C(n1cc(CC2(CO)CCC2)nn1)C(C)(C)C. The second-order valence-electron chi connectivity index (χ2n) is 9.66. The molecule has 2 fully saturated rings. The van der Waals surface area contributed by atoms with Crippen LogP contribution in [0.15, 0.2) is 6.20 Å². The van der Waals surface area contributed by atoms with Gasteiger partial charge in [0, 0.05) is 39.2 Å². The van der Waals surface area contributed by atoms with Crippen molar-refractivity contribution in [3.8, 4) is 0 Å². The van der Waals surface area contributed by atoms with E-state index in [0.29, 0.717) is 6.42 Å². The lowest BCUT2D eigenvalue weighted by atomic mass is 9.67. The number of aromatic nitrogens is 3. The monoisotopic (exact) mass is 407 g/mol. The molecule has 2 aliphatic rings. The number of rotatable bonds is 6. The summed E-state index contributed by atoms with van der Waals surface area (Å²) in [5.41, 5.74) is 0.157. The molecule has 9 nitrogen and oxygen atoms in total. The van der Waals surface area contributed by atoms with Crippen molar-refractivity contribution in [2.75, 3.05) is 20.2 Å². The topological polar surface area (TPSA) is 121 Å². The average Bonchev–Trinajstić information content (AvgIpc) is 3.23. The number of aliphatic hydroxyl groups is 2. The minimum absolute atomic E-state index is 0.120. The third-order valence-corrected chi connectivity index (χ3v) is 6.29. The van der Waals surface area contributed by atoms with Crippen LogP contribution in [0.5, 0.6) is 0 Å². The zero-order chi connectivity index (χ0) is 21.4. The Kier molecular flexibility index (Phi) is 6.01. The van der Waals surface area contributed by atoms with Gasteiger partial charge >= 0.3 is 0 Å². The second kappa shape index (κ2) is 8.02. The molecule has 2 unspecified atom stereocenters. The lowest BCUT2D eigenvalue weighted by Gasteiger charge is -2.39. The first kappa shape index (κ1) is 21.7. The first-order valence-electron chi connectivity index (χ1n) is 10.3. The Balaban J connectivity index is 1.85. The highest BCUT2D eigenvalue weighted by Gasteiger charge is 2.45. The normalized spacial score (nSPS) is 24.8. The maximum Gasteiger partial charge on any atom is 0.248 e. The Morgan fingerprint density at radius 3 is 2.59 bits per heavy atom. The average molecular weight is 408 g/mol. The van der Waals surface area contributed by atoms with Crippen molar-refractivity contribution in [3.63, 3.8) is 0 Å². The van der Waals surface area contributed by atoms with Crippen LogP contribution in [-0.2, 0) is 16.0 Å². The van der Waals surface area contributed by atoms with Gasteiger partial charge in [-0.3, -0.25) is 9.59 Å². The quantitative estimate of drug-likeness (QED) is 0.623. The van der Waals surface area contributed by atoms with Gasteiger partial charge in [-0.15, -0.1) is 5.10 Å². The number of carbonyl (C=O) groups is 2. The number of hydrogen-bond acceptors (Lipinski definition) is 6. The van der Waals surface area contributed by atoms with E-state index < -0.39 is 23.6 Å². The number of likely N-dealkylation sites (tertiary alicyclic amines) is 1. The van der Waals surface area contributed by atoms with Crippen molar-refractivity contribution in [3.05, 3.63) is 11.9 Å². The van der Waals surface area contributed by atoms with Crippen molar-refractivity contribution in [2.45, 2.75) is 71.1 Å². The third kappa shape index (κ3) is 4.30. The van der Waals surface area contributed by atoms with E-state index in [9.17, 15) is 19.8 Å². The summed E-state index contributed by atoms with van der Waals surface area (Å²) in [6.07, 6.45) is 4.97. The number of nitrogens with one attached hydrogen (secondary N) is 1. The smallest absolute Gasteiger partial charge is 0.248 e. The van der Waals surface area contributed by atoms with Crippen LogP contribution in [0.2, 0.25) is 0 Å². The Morgan fingerprint density at radius 2 is 2.07 bits per heavy atom. The highest BCUT2D eigenvalue weighted by Crippen LogP contribution is 2.43. The number of carbonyl (C=O) groups excluding carboxylic acids is 2. The Labute approximate surface area is 171 Å². The minimum Gasteiger partial charge on any atom is -0.396 e. The van der Waals surface area contributed by atoms with Gasteiger partial charge in [0.25, 0.3) is 0 Å². The van der Waals surface area contributed by atoms with Gasteiger partial charge in [-0.2, -0.15) is 0 Å². The van der Waals surface area contributed by atoms with Crippen LogP contribution in [0.1, 0.15) is 58.2 Å². The largest absolute Gasteiger partial charge is 0.396 e. The van der Waals surface area contributed by atoms with E-state index >= 15 is 0 Å². The summed E-state index contributed by atoms with van der Waals surface area (Å²) in [7, 11) is 1.53. The summed E-state index contributed by atoms with van der Waals surface area (Å²) >= 11 is 0. The van der Waals surface area contributed by atoms with Gasteiger partial charge in [0.1, 0.15) is 12.1 Å². The predicted octanol–water partition coefficient (Wildman–Crippen LogP) is 0.278. The number of amides is 2. The molecule has 1 aromatic heterocycles. The summed E-state index contributed by atoms with van der Waals surface area (Å²) in [6.45, 7) is 6.08. The van der Waals surface area contributed by atoms with Crippen LogP contribution in [0.25, 0.3) is 0 Å². The van der Waals surface area contributed by atoms with Crippen molar-refractivity contribution in [1.29, 1.82) is 0 Å². The zero-order valence-electron chi connectivity index (χ0n) is 17.8. The fourth-order valence-electron chi connectivity index (χ4n) is 4.48. The van der Waals surface area contributed by atoms with Gasteiger partial charge < -0.3 is 20.4 Å². The molecule has 0 aromatic carbocycles. The van der Waals surface area contributed by atoms with Crippen LogP contribution in [-0.4, -0.2) is 74.3 Å². The van der Waals surface area contributed by atoms with Gasteiger partial charge in [-0.25, -0.2) is 4.68 Å². The molecule has 1 aliphatic heterocycles. The maximum atomic E-state index is 13.5. The standard InChI is InChI=1S/C20H33N5O4/c1-19(2,3)16(18(29)24-11-14(27)8-15(24)17(28)21-4)25-10-13(22-23-25)9-20(12-26)6-5-7-20/h10,14-16,26-27H,5-9,11-12H2,1-4H3,(H,21,28)/t14?,15-,16?/m1/s1. The molecule has 3 rings (SSSR count). The molecular weight excluding hydrogens is 374 g/mol. The molecule has 1 aromatic rings. The maximum absolute atomic E-state index is 13.5. The van der Waals surface area contributed by atoms with Crippen molar-refractivity contribution < 1.29 is 19.8 Å². The zero-order valence-corrected chi connectivity index (χ0v) is 17.8. The summed E-state index contributed by atoms with van der Waals surface area (Å²) in [6, 6.07) is -1.35. The highest BCUT2D eigenvalue weighted by molar-refractivity contribution is 5.90. The minimum atomic E-state index is -0.726. The summed E-state index contributed by atoms with van der Waals surface area (Å²) in [5.74, 6) is -0.531. The van der Waals surface area contributed by atoms with Crippen LogP contribution in [0.3, 0.4) is 0 Å². The van der Waals surface area contributed by atoms with E-state index in [0.717, 1.165) is 25.0 Å². The number of likely N-dealkylation sites (N-methyl/N-ethyl adjacent to an activating group) is 1. The number of nitrogens with zero attached hydrogens (tertiary/aromatic N) is 4. The van der Waals surface area contributed by atoms with Crippen LogP contribution >= 0.6 is 0 Å². The van der Waals surface area contributed by atoms with Gasteiger partial charge in [-0.05, 0) is 23.7 Å². The van der Waals surface area contributed by atoms with Gasteiger partial charge in [0.15, 0.2) is 0 Å². The fourth-order valence-corrected chi connectivity index (χ4v) is 4.48. The van der Waals surface area contributed by atoms with Gasteiger partial charge in [0.05, 0.1) is 11.8 Å². The molecule has 9 heteroatoms. The van der Waals surface area contributed by atoms with Gasteiger partial charge in [-0.1, -0.05) is 32.4 Å². The molecule has 2 heterocycles. The molecule has 3 N–H and O–H groups in total. The van der Waals surface area contributed by atoms with E-state index in [-0.39, 0.29) is 36.8 Å². The number of hydrogen-bond donors (Lipinski definition) is 3. The molecule has 2 amide bonds. The molecular formula is C20H33N5O4. The Bertz CT molecular complexity index is 747. The van der Waals surface area contributed by atoms with Crippen molar-refractivity contribution >= 4 is 11.8 Å². The molecule has 0 spiro atoms. The lowest BCUT2D eigenvalue weighted by Crippen LogP contribution is -2.49. The molecule has 1 saturated heterocycles. The lowest BCUT2D eigenvalue weighted by molar-refractivity contribution is -0.144. The van der Waals surface area contributed by atoms with E-state index in [2.05, 4.69) is 15.6 Å². The molecule has 162 valence electrons. The predicted molar refractivity (Wildman–Crippen MR) is 106 cm³/mol. The van der Waals surface area contributed by atoms with Gasteiger partial charge in [0.2, 0.25) is 11.8 Å². The summed E-state index contributed by atoms with van der Waals surface area (Å²) < 4.78 is 1.58. The number of aliphatic hydroxyl groups excluding tert-OH is 2. The molecule has 29 heavy (non-hydrogen) atoms. The summed E-state index contributed by atoms with van der Waals surface area (Å²) in [4.78, 5) is 27.2. The van der Waals surface area contributed by atoms with E-state index in [1.165, 1.54) is 11.9 Å². The van der Waals surface area contributed by atoms with Crippen molar-refractivity contribution in [2.24, 2.45) is 10.8 Å². The Hall–Kier alpha value is -2.00. The summed E-state index contributed by atoms with van der Waals surface area (Å²) in [5, 5.41) is 30.9. The molecule has 1 aliphatic carbocycles. The van der Waals surface area contributed by atoms with E-state index in [1.807, 2.05) is 20.8 Å². The highest BCUT2D eigenvalue weighted by atomic mass is 16.3. The molecule has 3 atom stereocenters. The molecule has 0 radical (unpaired) electrons. The first-order valence-corrected chi connectivity index (χ1v) is 10.3. The van der Waals surface area contributed by atoms with Crippen LogP contribution in [0.4, 0.5) is 0 Å².